The molecular formula is C27H32OS. The first-order chi connectivity index (χ1) is 13.7. The molecule has 0 aliphatic carbocycles. The Morgan fingerprint density at radius 1 is 0.759 bits per heavy atom. The molecule has 1 nitrogen and oxygen atoms in total. The van der Waals surface area contributed by atoms with Crippen LogP contribution in [0.15, 0.2) is 65.6 Å². The molecule has 0 radical (unpaired) electrons. The summed E-state index contributed by atoms with van der Waals surface area (Å²) in [5, 5.41) is 0. The van der Waals surface area contributed by atoms with E-state index < -0.39 is 0 Å². The summed E-state index contributed by atoms with van der Waals surface area (Å²) in [6, 6.07) is 21.8. The summed E-state index contributed by atoms with van der Waals surface area (Å²) in [5.41, 5.74) is 7.89. The van der Waals surface area contributed by atoms with Gasteiger partial charge in [0.1, 0.15) is 12.4 Å². The van der Waals surface area contributed by atoms with Crippen LogP contribution in [0.3, 0.4) is 0 Å². The van der Waals surface area contributed by atoms with Crippen LogP contribution in [-0.2, 0) is 17.8 Å². The quantitative estimate of drug-likeness (QED) is 0.388. The van der Waals surface area contributed by atoms with Gasteiger partial charge in [-0.25, -0.2) is 0 Å². The van der Waals surface area contributed by atoms with Crippen molar-refractivity contribution >= 4 is 11.8 Å². The Balaban J connectivity index is 1.70. The Bertz CT molecular complexity index is 982. The molecule has 0 atom stereocenters. The molecule has 0 saturated carbocycles. The standard InChI is InChI=1S/C27H32OS/c1-19-11-13-22(15-24(19)27(4,5)6)17-28-25-16-23(14-12-20(25)2)18-29-26-10-8-7-9-21(26)3/h7-16H,17-18H2,1-6H3. The highest BCUT2D eigenvalue weighted by Crippen LogP contribution is 2.30. The van der Waals surface area contributed by atoms with E-state index in [0.29, 0.717) is 6.61 Å². The first kappa shape index (κ1) is 21.5. The Morgan fingerprint density at radius 3 is 2.17 bits per heavy atom. The molecule has 0 spiro atoms. The smallest absolute Gasteiger partial charge is 0.123 e. The predicted octanol–water partition coefficient (Wildman–Crippen LogP) is 7.78. The lowest BCUT2D eigenvalue weighted by Gasteiger charge is -2.22. The second-order valence-electron chi connectivity index (χ2n) is 8.84. The monoisotopic (exact) mass is 404 g/mol. The highest BCUT2D eigenvalue weighted by atomic mass is 32.2. The maximum atomic E-state index is 6.24. The second-order valence-corrected chi connectivity index (χ2v) is 9.86. The fraction of sp³-hybridized carbons (Fsp3) is 0.333. The molecule has 0 aromatic heterocycles. The van der Waals surface area contributed by atoms with E-state index in [2.05, 4.69) is 102 Å². The van der Waals surface area contributed by atoms with Crippen LogP contribution in [-0.4, -0.2) is 0 Å². The average Bonchev–Trinajstić information content (AvgIpc) is 2.67. The van der Waals surface area contributed by atoms with E-state index in [1.807, 2.05) is 11.8 Å². The third-order valence-electron chi connectivity index (χ3n) is 5.24. The van der Waals surface area contributed by atoms with Crippen LogP contribution in [0, 0.1) is 20.8 Å². The van der Waals surface area contributed by atoms with Crippen LogP contribution < -0.4 is 4.74 Å². The number of hydrogen-bond acceptors (Lipinski definition) is 2. The van der Waals surface area contributed by atoms with Crippen LogP contribution in [0.1, 0.15) is 54.2 Å². The van der Waals surface area contributed by atoms with Gasteiger partial charge in [0.05, 0.1) is 0 Å². The number of aryl methyl sites for hydroxylation is 3. The molecule has 3 aromatic rings. The Morgan fingerprint density at radius 2 is 1.45 bits per heavy atom. The molecular weight excluding hydrogens is 372 g/mol. The Hall–Kier alpha value is -2.19. The van der Waals surface area contributed by atoms with E-state index in [9.17, 15) is 0 Å². The first-order valence-corrected chi connectivity index (χ1v) is 11.2. The van der Waals surface area contributed by atoms with Crippen molar-refractivity contribution < 1.29 is 4.74 Å². The van der Waals surface area contributed by atoms with Gasteiger partial charge in [0, 0.05) is 10.6 Å². The minimum absolute atomic E-state index is 0.142. The molecule has 2 heteroatoms. The van der Waals surface area contributed by atoms with Gasteiger partial charge in [-0.1, -0.05) is 69.3 Å². The summed E-state index contributed by atoms with van der Waals surface area (Å²) in [4.78, 5) is 1.34. The number of ether oxygens (including phenoxy) is 1. The second kappa shape index (κ2) is 9.09. The molecule has 3 rings (SSSR count). The van der Waals surface area contributed by atoms with E-state index in [1.54, 1.807) is 0 Å². The van der Waals surface area contributed by atoms with E-state index in [4.69, 9.17) is 4.74 Å². The summed E-state index contributed by atoms with van der Waals surface area (Å²) in [6.07, 6.45) is 0. The van der Waals surface area contributed by atoms with Gasteiger partial charge in [0.15, 0.2) is 0 Å². The van der Waals surface area contributed by atoms with Gasteiger partial charge in [0.25, 0.3) is 0 Å². The summed E-state index contributed by atoms with van der Waals surface area (Å²) in [7, 11) is 0. The highest BCUT2D eigenvalue weighted by molar-refractivity contribution is 7.98. The van der Waals surface area contributed by atoms with Crippen molar-refractivity contribution in [3.63, 3.8) is 0 Å². The molecule has 0 N–H and O–H groups in total. The van der Waals surface area contributed by atoms with Gasteiger partial charge < -0.3 is 4.74 Å². The maximum absolute atomic E-state index is 6.24. The van der Waals surface area contributed by atoms with Crippen LogP contribution in [0.2, 0.25) is 0 Å². The van der Waals surface area contributed by atoms with Crippen molar-refractivity contribution in [3.05, 3.63) is 94.0 Å². The zero-order chi connectivity index (χ0) is 21.0. The lowest BCUT2D eigenvalue weighted by Crippen LogP contribution is -2.13. The SMILES string of the molecule is Cc1ccc(CSc2ccccc2C)cc1OCc1ccc(C)c(C(C)(C)C)c1. The Kier molecular flexibility index (Phi) is 6.74. The van der Waals surface area contributed by atoms with Crippen LogP contribution in [0.5, 0.6) is 5.75 Å². The normalized spacial score (nSPS) is 11.5. The highest BCUT2D eigenvalue weighted by Gasteiger charge is 2.16. The Labute approximate surface area is 180 Å². The van der Waals surface area contributed by atoms with Crippen molar-refractivity contribution in [1.29, 1.82) is 0 Å². The summed E-state index contributed by atoms with van der Waals surface area (Å²) in [5.74, 6) is 1.92. The molecule has 0 amide bonds. The maximum Gasteiger partial charge on any atom is 0.123 e. The minimum atomic E-state index is 0.142. The lowest BCUT2D eigenvalue weighted by molar-refractivity contribution is 0.303. The lowest BCUT2D eigenvalue weighted by atomic mass is 9.83. The van der Waals surface area contributed by atoms with Gasteiger partial charge >= 0.3 is 0 Å². The van der Waals surface area contributed by atoms with Gasteiger partial charge in [-0.15, -0.1) is 11.8 Å². The molecule has 3 aromatic carbocycles. The summed E-state index contributed by atoms with van der Waals surface area (Å²) < 4.78 is 6.24. The number of benzene rings is 3. The van der Waals surface area contributed by atoms with Gasteiger partial charge in [0.2, 0.25) is 0 Å². The molecule has 0 aliphatic heterocycles. The van der Waals surface area contributed by atoms with Crippen LogP contribution in [0.4, 0.5) is 0 Å². The fourth-order valence-electron chi connectivity index (χ4n) is 3.50. The van der Waals surface area contributed by atoms with E-state index in [0.717, 1.165) is 11.5 Å². The molecule has 0 unspecified atom stereocenters. The van der Waals surface area contributed by atoms with Crippen molar-refractivity contribution in [3.8, 4) is 5.75 Å². The van der Waals surface area contributed by atoms with E-state index >= 15 is 0 Å². The van der Waals surface area contributed by atoms with Crippen LogP contribution in [0.25, 0.3) is 0 Å². The summed E-state index contributed by atoms with van der Waals surface area (Å²) >= 11 is 1.88. The molecule has 29 heavy (non-hydrogen) atoms. The first-order valence-electron chi connectivity index (χ1n) is 10.2. The minimum Gasteiger partial charge on any atom is -0.489 e. The zero-order valence-corrected chi connectivity index (χ0v) is 19.3. The van der Waals surface area contributed by atoms with Gasteiger partial charge in [-0.05, 0) is 71.7 Å². The molecule has 0 fully saturated rings. The fourth-order valence-corrected chi connectivity index (χ4v) is 4.47. The summed E-state index contributed by atoms with van der Waals surface area (Å²) in [6.45, 7) is 13.9. The van der Waals surface area contributed by atoms with Gasteiger partial charge in [-0.3, -0.25) is 0 Å². The molecule has 0 bridgehead atoms. The molecule has 152 valence electrons. The van der Waals surface area contributed by atoms with Crippen molar-refractivity contribution in [2.24, 2.45) is 0 Å². The molecule has 0 heterocycles. The number of thioether (sulfide) groups is 1. The predicted molar refractivity (Wildman–Crippen MR) is 126 cm³/mol. The molecule has 0 aliphatic rings. The average molecular weight is 405 g/mol. The van der Waals surface area contributed by atoms with E-state index in [1.165, 1.54) is 38.3 Å². The topological polar surface area (TPSA) is 9.23 Å². The number of hydrogen-bond donors (Lipinski definition) is 0. The van der Waals surface area contributed by atoms with Crippen molar-refractivity contribution in [2.75, 3.05) is 0 Å². The van der Waals surface area contributed by atoms with Crippen molar-refractivity contribution in [1.82, 2.24) is 0 Å². The van der Waals surface area contributed by atoms with Crippen molar-refractivity contribution in [2.45, 2.75) is 64.2 Å². The van der Waals surface area contributed by atoms with Crippen LogP contribution >= 0.6 is 11.8 Å². The zero-order valence-electron chi connectivity index (χ0n) is 18.5. The molecule has 0 saturated heterocycles. The van der Waals surface area contributed by atoms with Gasteiger partial charge in [-0.2, -0.15) is 0 Å². The van der Waals surface area contributed by atoms with E-state index in [-0.39, 0.29) is 5.41 Å². The third-order valence-corrected chi connectivity index (χ3v) is 6.49. The third kappa shape index (κ3) is 5.67. The number of rotatable bonds is 6. The largest absolute Gasteiger partial charge is 0.489 e.